The van der Waals surface area contributed by atoms with Gasteiger partial charge in [0.1, 0.15) is 11.1 Å². The molecule has 2 atom stereocenters. The molecule has 0 fully saturated rings. The van der Waals surface area contributed by atoms with Crippen molar-refractivity contribution < 1.29 is 14.7 Å². The Morgan fingerprint density at radius 2 is 2.14 bits per heavy atom. The number of carboxylic acid groups (broad SMARTS) is 1. The number of rotatable bonds is 3. The van der Waals surface area contributed by atoms with Gasteiger partial charge in [-0.3, -0.25) is 4.79 Å². The number of thiophene rings is 1. The number of nitrogens with one attached hydrogen (secondary N) is 1. The lowest BCUT2D eigenvalue weighted by molar-refractivity contribution is -0.313. The lowest BCUT2D eigenvalue weighted by atomic mass is 9.82. The third kappa shape index (κ3) is 3.16. The van der Waals surface area contributed by atoms with Gasteiger partial charge >= 0.3 is 0 Å². The van der Waals surface area contributed by atoms with Crippen molar-refractivity contribution in [1.29, 1.82) is 5.26 Å². The molecule has 1 aromatic heterocycles. The van der Waals surface area contributed by atoms with Crippen molar-refractivity contribution in [3.8, 4) is 6.07 Å². The average molecular weight is 338 g/mol. The highest BCUT2D eigenvalue weighted by Crippen LogP contribution is 2.35. The van der Waals surface area contributed by atoms with Crippen LogP contribution in [0.4, 0.5) is 5.00 Å². The van der Waals surface area contributed by atoms with E-state index in [-0.39, 0.29) is 12.8 Å². The SMILES string of the molecule is Cc1sc(NC(=O)[C@H]2CC(Cl)=CC[C@H]2C(=O)[O-])c(C#N)c1C. The van der Waals surface area contributed by atoms with Crippen LogP contribution in [0.2, 0.25) is 0 Å². The molecule has 0 aliphatic heterocycles. The molecule has 1 heterocycles. The van der Waals surface area contributed by atoms with E-state index in [2.05, 4.69) is 11.4 Å². The summed E-state index contributed by atoms with van der Waals surface area (Å²) in [6.45, 7) is 3.67. The van der Waals surface area contributed by atoms with Gasteiger partial charge < -0.3 is 15.2 Å². The summed E-state index contributed by atoms with van der Waals surface area (Å²) in [5.41, 5.74) is 1.24. The zero-order chi connectivity index (χ0) is 16.4. The number of amides is 1. The standard InChI is InChI=1S/C15H15ClN2O3S/c1-7-8(2)22-14(12(7)6-17)18-13(19)11-5-9(16)3-4-10(11)15(20)21/h3,10-11H,4-5H2,1-2H3,(H,18,19)(H,20,21)/p-1/t10-,11+/m1/s1. The number of hydrogen-bond donors (Lipinski definition) is 1. The van der Waals surface area contributed by atoms with E-state index in [0.717, 1.165) is 10.4 Å². The minimum Gasteiger partial charge on any atom is -0.550 e. The van der Waals surface area contributed by atoms with Crippen LogP contribution in [0.3, 0.4) is 0 Å². The Bertz CT molecular complexity index is 702. The van der Waals surface area contributed by atoms with Crippen LogP contribution in [-0.2, 0) is 9.59 Å². The highest BCUT2D eigenvalue weighted by atomic mass is 35.5. The molecule has 0 saturated heterocycles. The molecule has 7 heteroatoms. The number of hydrogen-bond acceptors (Lipinski definition) is 5. The second kappa shape index (κ2) is 6.51. The summed E-state index contributed by atoms with van der Waals surface area (Å²) in [5.74, 6) is -3.41. The topological polar surface area (TPSA) is 93.0 Å². The molecule has 0 unspecified atom stereocenters. The molecule has 1 aliphatic carbocycles. The molecule has 1 N–H and O–H groups in total. The Morgan fingerprint density at radius 1 is 1.45 bits per heavy atom. The van der Waals surface area contributed by atoms with E-state index in [0.29, 0.717) is 15.6 Å². The number of carboxylic acids is 1. The highest BCUT2D eigenvalue weighted by Gasteiger charge is 2.33. The minimum absolute atomic E-state index is 0.164. The van der Waals surface area contributed by atoms with E-state index >= 15 is 0 Å². The zero-order valence-corrected chi connectivity index (χ0v) is 13.7. The van der Waals surface area contributed by atoms with Crippen molar-refractivity contribution in [3.05, 3.63) is 27.1 Å². The number of aryl methyl sites for hydroxylation is 1. The normalized spacial score (nSPS) is 20.9. The van der Waals surface area contributed by atoms with Crippen molar-refractivity contribution in [1.82, 2.24) is 0 Å². The third-order valence-electron chi connectivity index (χ3n) is 3.87. The molecule has 1 aliphatic rings. The Labute approximate surface area is 137 Å². The number of aliphatic carboxylic acids is 1. The minimum atomic E-state index is -1.26. The molecule has 5 nitrogen and oxygen atoms in total. The molecule has 0 radical (unpaired) electrons. The molecule has 0 bridgehead atoms. The molecule has 0 spiro atoms. The van der Waals surface area contributed by atoms with Crippen LogP contribution >= 0.6 is 22.9 Å². The monoisotopic (exact) mass is 337 g/mol. The number of nitrogens with zero attached hydrogens (tertiary/aromatic N) is 1. The first-order chi connectivity index (χ1) is 10.3. The van der Waals surface area contributed by atoms with Gasteiger partial charge in [0.05, 0.1) is 11.5 Å². The summed E-state index contributed by atoms with van der Waals surface area (Å²) in [6.07, 6.45) is 1.94. The number of nitriles is 1. The molecule has 1 amide bonds. The van der Waals surface area contributed by atoms with Gasteiger partial charge in [0.15, 0.2) is 0 Å². The first-order valence-electron chi connectivity index (χ1n) is 6.71. The Hall–Kier alpha value is -1.84. The summed E-state index contributed by atoms with van der Waals surface area (Å²) in [4.78, 5) is 24.6. The van der Waals surface area contributed by atoms with Gasteiger partial charge in [0.2, 0.25) is 5.91 Å². The van der Waals surface area contributed by atoms with E-state index in [1.807, 2.05) is 13.8 Å². The number of carbonyl (C=O) groups excluding carboxylic acids is 2. The van der Waals surface area contributed by atoms with Crippen molar-refractivity contribution in [2.24, 2.45) is 11.8 Å². The van der Waals surface area contributed by atoms with Crippen LogP contribution in [-0.4, -0.2) is 11.9 Å². The van der Waals surface area contributed by atoms with Crippen molar-refractivity contribution in [2.45, 2.75) is 26.7 Å². The number of anilines is 1. The predicted molar refractivity (Wildman–Crippen MR) is 82.3 cm³/mol. The largest absolute Gasteiger partial charge is 0.550 e. The molecular formula is C15H14ClN2O3S-. The molecule has 0 aromatic carbocycles. The Kier molecular flexibility index (Phi) is 4.89. The van der Waals surface area contributed by atoms with Gasteiger partial charge in [-0.2, -0.15) is 5.26 Å². The molecule has 1 aromatic rings. The zero-order valence-electron chi connectivity index (χ0n) is 12.1. The van der Waals surface area contributed by atoms with Crippen molar-refractivity contribution in [3.63, 3.8) is 0 Å². The van der Waals surface area contributed by atoms with Gasteiger partial charge in [-0.25, -0.2) is 0 Å². The maximum atomic E-state index is 12.4. The quantitative estimate of drug-likeness (QED) is 0.913. The highest BCUT2D eigenvalue weighted by molar-refractivity contribution is 7.16. The van der Waals surface area contributed by atoms with Gasteiger partial charge in [-0.05, 0) is 32.3 Å². The first kappa shape index (κ1) is 16.5. The van der Waals surface area contributed by atoms with E-state index in [9.17, 15) is 20.0 Å². The number of carbonyl (C=O) groups is 2. The molecule has 2 rings (SSSR count). The van der Waals surface area contributed by atoms with Gasteiger partial charge in [-0.1, -0.05) is 17.7 Å². The van der Waals surface area contributed by atoms with Crippen LogP contribution in [0.5, 0.6) is 0 Å². The lowest BCUT2D eigenvalue weighted by Crippen LogP contribution is -2.42. The number of halogens is 1. The maximum Gasteiger partial charge on any atom is 0.229 e. The second-order valence-corrected chi connectivity index (χ2v) is 6.92. The smallest absolute Gasteiger partial charge is 0.229 e. The van der Waals surface area contributed by atoms with Crippen molar-refractivity contribution in [2.75, 3.05) is 5.32 Å². The summed E-state index contributed by atoms with van der Waals surface area (Å²) in [7, 11) is 0. The fourth-order valence-electron chi connectivity index (χ4n) is 2.44. The molecule has 0 saturated carbocycles. The summed E-state index contributed by atoms with van der Waals surface area (Å²) < 4.78 is 0. The van der Waals surface area contributed by atoms with E-state index in [1.54, 1.807) is 6.08 Å². The fraction of sp³-hybridized carbons (Fsp3) is 0.400. The lowest BCUT2D eigenvalue weighted by Gasteiger charge is -2.29. The molecular weight excluding hydrogens is 324 g/mol. The first-order valence-corrected chi connectivity index (χ1v) is 7.91. The van der Waals surface area contributed by atoms with Crippen molar-refractivity contribution >= 4 is 39.8 Å². The number of allylic oxidation sites excluding steroid dienone is 2. The summed E-state index contributed by atoms with van der Waals surface area (Å²) >= 11 is 7.24. The molecule has 116 valence electrons. The van der Waals surface area contributed by atoms with Gasteiger partial charge in [0.25, 0.3) is 0 Å². The van der Waals surface area contributed by atoms with E-state index in [4.69, 9.17) is 11.6 Å². The van der Waals surface area contributed by atoms with Gasteiger partial charge in [0, 0.05) is 21.8 Å². The Balaban J connectivity index is 2.25. The van der Waals surface area contributed by atoms with Gasteiger partial charge in [-0.15, -0.1) is 11.3 Å². The maximum absolute atomic E-state index is 12.4. The fourth-order valence-corrected chi connectivity index (χ4v) is 3.71. The van der Waals surface area contributed by atoms with Crippen LogP contribution in [0.15, 0.2) is 11.1 Å². The molecule has 22 heavy (non-hydrogen) atoms. The third-order valence-corrected chi connectivity index (χ3v) is 5.30. The summed E-state index contributed by atoms with van der Waals surface area (Å²) in [5, 5.41) is 24.0. The summed E-state index contributed by atoms with van der Waals surface area (Å²) in [6, 6.07) is 2.07. The van der Waals surface area contributed by atoms with Crippen LogP contribution in [0.25, 0.3) is 0 Å². The Morgan fingerprint density at radius 3 is 2.73 bits per heavy atom. The predicted octanol–water partition coefficient (Wildman–Crippen LogP) is 2.07. The van der Waals surface area contributed by atoms with Crippen LogP contribution < -0.4 is 10.4 Å². The van der Waals surface area contributed by atoms with E-state index in [1.165, 1.54) is 11.3 Å². The average Bonchev–Trinajstić information content (AvgIpc) is 2.72. The van der Waals surface area contributed by atoms with E-state index < -0.39 is 23.7 Å². The second-order valence-electron chi connectivity index (χ2n) is 5.21. The van der Waals surface area contributed by atoms with Crippen LogP contribution in [0, 0.1) is 37.0 Å². The van der Waals surface area contributed by atoms with Crippen LogP contribution in [0.1, 0.15) is 28.8 Å².